The molecule has 0 spiro atoms. The molecule has 0 saturated heterocycles. The van der Waals surface area contributed by atoms with E-state index in [0.717, 1.165) is 63.4 Å². The van der Waals surface area contributed by atoms with E-state index in [1.54, 1.807) is 20.1 Å². The average molecular weight is 571 g/mol. The second-order valence-electron chi connectivity index (χ2n) is 15.9. The number of ether oxygens (including phenoxy) is 3. The smallest absolute Gasteiger partial charge is 0.330 e. The number of esters is 3. The van der Waals surface area contributed by atoms with Crippen LogP contribution in [0.2, 0.25) is 0 Å². The molecular weight excluding hydrogens is 516 g/mol. The van der Waals surface area contributed by atoms with E-state index in [1.165, 1.54) is 13.5 Å². The van der Waals surface area contributed by atoms with Gasteiger partial charge in [-0.1, -0.05) is 40.2 Å². The molecule has 4 unspecified atom stereocenters. The summed E-state index contributed by atoms with van der Waals surface area (Å²) in [5.74, 6) is 1.32. The molecular formula is C35H54O6. The van der Waals surface area contributed by atoms with Crippen molar-refractivity contribution in [3.8, 4) is 0 Å². The normalized spacial score (nSPS) is 46.7. The number of carbonyl (C=O) groups is 3. The van der Waals surface area contributed by atoms with E-state index in [-0.39, 0.29) is 57.5 Å². The van der Waals surface area contributed by atoms with E-state index in [1.807, 2.05) is 0 Å². The fraction of sp³-hybridized carbons (Fsp3) is 0.857. The monoisotopic (exact) mass is 570 g/mol. The molecule has 5 aliphatic carbocycles. The van der Waals surface area contributed by atoms with Crippen LogP contribution in [0.5, 0.6) is 0 Å². The van der Waals surface area contributed by atoms with Crippen LogP contribution < -0.4 is 0 Å². The third-order valence-corrected chi connectivity index (χ3v) is 14.4. The Morgan fingerprint density at radius 3 is 2.07 bits per heavy atom. The predicted molar refractivity (Wildman–Crippen MR) is 157 cm³/mol. The van der Waals surface area contributed by atoms with E-state index in [4.69, 9.17) is 14.2 Å². The average Bonchev–Trinajstić information content (AvgIpc) is 3.31. The number of hydrogen-bond donors (Lipinski definition) is 0. The number of fused-ring (bicyclic) bond motifs is 7. The zero-order chi connectivity index (χ0) is 30.2. The SMILES string of the molecule is COC(=O)/C=C(\C)[C@@H]1CC[C@]2(C(=O)OC)CC[C@]3(C)C(CCC4[C@@]5(C)CC[C@H](OC(C)=O)C(C)(C)C5CC[C@]43C)C12. The highest BCUT2D eigenvalue weighted by molar-refractivity contribution is 5.83. The van der Waals surface area contributed by atoms with Crippen LogP contribution in [0, 0.1) is 56.7 Å². The van der Waals surface area contributed by atoms with Gasteiger partial charge >= 0.3 is 17.9 Å². The number of hydrogen-bond acceptors (Lipinski definition) is 6. The van der Waals surface area contributed by atoms with Gasteiger partial charge in [-0.05, 0) is 117 Å². The largest absolute Gasteiger partial charge is 0.469 e. The Hall–Kier alpha value is -1.85. The number of carbonyl (C=O) groups excluding carboxylic acids is 3. The summed E-state index contributed by atoms with van der Waals surface area (Å²) in [5.41, 5.74) is 0.955. The molecule has 5 aliphatic rings. The van der Waals surface area contributed by atoms with Crippen molar-refractivity contribution in [1.29, 1.82) is 0 Å². The fourth-order valence-corrected chi connectivity index (χ4v) is 12.4. The quantitative estimate of drug-likeness (QED) is 0.201. The summed E-state index contributed by atoms with van der Waals surface area (Å²) in [6.45, 7) is 16.0. The molecule has 230 valence electrons. The Morgan fingerprint density at radius 1 is 0.732 bits per heavy atom. The summed E-state index contributed by atoms with van der Waals surface area (Å²) in [4.78, 5) is 37.9. The fourth-order valence-electron chi connectivity index (χ4n) is 12.4. The van der Waals surface area contributed by atoms with Crippen molar-refractivity contribution in [1.82, 2.24) is 0 Å². The zero-order valence-corrected chi connectivity index (χ0v) is 27.1. The molecule has 5 fully saturated rings. The van der Waals surface area contributed by atoms with Crippen LogP contribution >= 0.6 is 0 Å². The number of allylic oxidation sites excluding steroid dienone is 1. The van der Waals surface area contributed by atoms with E-state index in [9.17, 15) is 14.4 Å². The van der Waals surface area contributed by atoms with Crippen molar-refractivity contribution >= 4 is 17.9 Å². The lowest BCUT2D eigenvalue weighted by atomic mass is 9.32. The molecule has 6 nitrogen and oxygen atoms in total. The van der Waals surface area contributed by atoms with Crippen molar-refractivity contribution in [2.45, 2.75) is 119 Å². The van der Waals surface area contributed by atoms with Crippen LogP contribution in [-0.4, -0.2) is 38.2 Å². The standard InChI is InChI=1S/C35H54O6/c1-21(20-28(37)39-8)23-12-17-35(30(38)40-9)19-18-33(6)24(29(23)35)10-11-26-32(5)15-14-27(41-22(2)36)31(3,4)25(32)13-16-34(26,33)7/h20,23-27,29H,10-19H2,1-9H3/b21-20+/t23-,24?,25?,26?,27-,29?,32-,33+,34+,35-/m0/s1. The molecule has 10 atom stereocenters. The van der Waals surface area contributed by atoms with Gasteiger partial charge in [-0.15, -0.1) is 0 Å². The maximum absolute atomic E-state index is 13.6. The van der Waals surface area contributed by atoms with E-state index in [0.29, 0.717) is 17.8 Å². The first-order valence-electron chi connectivity index (χ1n) is 16.1. The molecule has 0 amide bonds. The Balaban J connectivity index is 1.53. The lowest BCUT2D eigenvalue weighted by Gasteiger charge is -2.72. The minimum absolute atomic E-state index is 0.0199. The maximum Gasteiger partial charge on any atom is 0.330 e. The molecule has 0 aromatic heterocycles. The van der Waals surface area contributed by atoms with Gasteiger partial charge < -0.3 is 14.2 Å². The summed E-state index contributed by atoms with van der Waals surface area (Å²) in [6, 6.07) is 0. The molecule has 5 saturated carbocycles. The molecule has 6 heteroatoms. The van der Waals surface area contributed by atoms with Crippen molar-refractivity contribution in [3.05, 3.63) is 11.6 Å². The highest BCUT2D eigenvalue weighted by Gasteiger charge is 2.72. The third-order valence-electron chi connectivity index (χ3n) is 14.4. The first kappa shape index (κ1) is 30.6. The first-order chi connectivity index (χ1) is 19.1. The highest BCUT2D eigenvalue weighted by Crippen LogP contribution is 2.77. The summed E-state index contributed by atoms with van der Waals surface area (Å²) in [6.07, 6.45) is 11.9. The Bertz CT molecular complexity index is 1120. The van der Waals surface area contributed by atoms with Crippen molar-refractivity contribution < 1.29 is 28.6 Å². The van der Waals surface area contributed by atoms with Crippen molar-refractivity contribution in [3.63, 3.8) is 0 Å². The van der Waals surface area contributed by atoms with Gasteiger partial charge in [-0.25, -0.2) is 4.79 Å². The third kappa shape index (κ3) is 4.18. The minimum Gasteiger partial charge on any atom is -0.469 e. The van der Waals surface area contributed by atoms with Gasteiger partial charge in [-0.2, -0.15) is 0 Å². The minimum atomic E-state index is -0.469. The number of rotatable bonds is 4. The summed E-state index contributed by atoms with van der Waals surface area (Å²) >= 11 is 0. The van der Waals surface area contributed by atoms with Crippen molar-refractivity contribution in [2.24, 2.45) is 56.7 Å². The summed E-state index contributed by atoms with van der Waals surface area (Å²) in [5, 5.41) is 0. The Labute approximate surface area is 247 Å². The van der Waals surface area contributed by atoms with Crippen LogP contribution in [-0.2, 0) is 28.6 Å². The first-order valence-corrected chi connectivity index (χ1v) is 16.1. The van der Waals surface area contributed by atoms with Gasteiger partial charge in [0, 0.05) is 18.4 Å². The molecule has 0 N–H and O–H groups in total. The zero-order valence-electron chi connectivity index (χ0n) is 27.1. The van der Waals surface area contributed by atoms with Gasteiger partial charge in [0.1, 0.15) is 6.10 Å². The second kappa shape index (κ2) is 10.1. The summed E-state index contributed by atoms with van der Waals surface area (Å²) < 4.78 is 16.4. The lowest BCUT2D eigenvalue weighted by molar-refractivity contribution is -0.250. The van der Waals surface area contributed by atoms with Gasteiger partial charge in [0.25, 0.3) is 0 Å². The Kier molecular flexibility index (Phi) is 7.55. The highest BCUT2D eigenvalue weighted by atomic mass is 16.5. The topological polar surface area (TPSA) is 78.9 Å². The predicted octanol–water partition coefficient (Wildman–Crippen LogP) is 7.29. The Morgan fingerprint density at radius 2 is 1.44 bits per heavy atom. The van der Waals surface area contributed by atoms with Crippen LogP contribution in [0.4, 0.5) is 0 Å². The lowest BCUT2D eigenvalue weighted by Crippen LogP contribution is -2.67. The van der Waals surface area contributed by atoms with Crippen LogP contribution in [0.15, 0.2) is 11.6 Å². The van der Waals surface area contributed by atoms with E-state index in [2.05, 4.69) is 41.5 Å². The summed E-state index contributed by atoms with van der Waals surface area (Å²) in [7, 11) is 2.97. The van der Waals surface area contributed by atoms with Gasteiger partial charge in [-0.3, -0.25) is 9.59 Å². The van der Waals surface area contributed by atoms with Gasteiger partial charge in [0.15, 0.2) is 0 Å². The van der Waals surface area contributed by atoms with Gasteiger partial charge in [0.05, 0.1) is 19.6 Å². The van der Waals surface area contributed by atoms with Crippen LogP contribution in [0.1, 0.15) is 113 Å². The molecule has 0 aromatic rings. The van der Waals surface area contributed by atoms with Crippen molar-refractivity contribution in [2.75, 3.05) is 14.2 Å². The van der Waals surface area contributed by atoms with Crippen LogP contribution in [0.25, 0.3) is 0 Å². The van der Waals surface area contributed by atoms with Crippen LogP contribution in [0.3, 0.4) is 0 Å². The molecule has 41 heavy (non-hydrogen) atoms. The molecule has 5 rings (SSSR count). The molecule has 0 heterocycles. The molecule has 0 aromatic carbocycles. The molecule has 0 aliphatic heterocycles. The molecule has 0 bridgehead atoms. The van der Waals surface area contributed by atoms with E-state index < -0.39 is 5.41 Å². The number of methoxy groups -OCH3 is 2. The van der Waals surface area contributed by atoms with Gasteiger partial charge in [0.2, 0.25) is 0 Å². The molecule has 0 radical (unpaired) electrons. The maximum atomic E-state index is 13.6. The second-order valence-corrected chi connectivity index (χ2v) is 15.9. The van der Waals surface area contributed by atoms with E-state index >= 15 is 0 Å².